The van der Waals surface area contributed by atoms with Crippen LogP contribution in [0.25, 0.3) is 11.1 Å². The van der Waals surface area contributed by atoms with Gasteiger partial charge in [0.15, 0.2) is 5.82 Å². The number of hydrogen-bond acceptors (Lipinski definition) is 6. The second kappa shape index (κ2) is 10.1. The van der Waals surface area contributed by atoms with Gasteiger partial charge in [0.05, 0.1) is 18.2 Å². The van der Waals surface area contributed by atoms with Crippen LogP contribution in [0.1, 0.15) is 44.2 Å². The zero-order valence-corrected chi connectivity index (χ0v) is 17.8. The van der Waals surface area contributed by atoms with Gasteiger partial charge in [-0.3, -0.25) is 4.68 Å². The molecule has 0 unspecified atom stereocenters. The van der Waals surface area contributed by atoms with E-state index in [0.29, 0.717) is 24.0 Å². The number of rotatable bonds is 8. The van der Waals surface area contributed by atoms with E-state index in [2.05, 4.69) is 33.7 Å². The fourth-order valence-electron chi connectivity index (χ4n) is 3.74. The van der Waals surface area contributed by atoms with Crippen LogP contribution in [-0.2, 0) is 0 Å². The summed E-state index contributed by atoms with van der Waals surface area (Å²) in [4.78, 5) is 4.43. The molecule has 0 amide bonds. The number of aromatic nitrogens is 3. The molecule has 0 atom stereocenters. The quantitative estimate of drug-likeness (QED) is 0.519. The highest BCUT2D eigenvalue weighted by atomic mass is 16.5. The predicted molar refractivity (Wildman–Crippen MR) is 121 cm³/mol. The molecule has 3 aromatic rings. The molecule has 0 radical (unpaired) electrons. The van der Waals surface area contributed by atoms with Crippen molar-refractivity contribution in [3.05, 3.63) is 54.4 Å². The highest BCUT2D eigenvalue weighted by Gasteiger charge is 2.16. The van der Waals surface area contributed by atoms with E-state index in [1.54, 1.807) is 6.20 Å². The summed E-state index contributed by atoms with van der Waals surface area (Å²) >= 11 is 0. The molecule has 2 aromatic heterocycles. The van der Waals surface area contributed by atoms with Gasteiger partial charge in [0, 0.05) is 18.5 Å². The average molecular weight is 417 g/mol. The van der Waals surface area contributed by atoms with Gasteiger partial charge in [-0.1, -0.05) is 19.4 Å². The molecule has 160 valence electrons. The summed E-state index contributed by atoms with van der Waals surface area (Å²) in [6.07, 6.45) is 8.00. The average Bonchev–Trinajstić information content (AvgIpc) is 3.28. The first-order valence-corrected chi connectivity index (χ1v) is 10.9. The number of nitrogens with one attached hydrogen (secondary N) is 2. The molecule has 7 nitrogen and oxygen atoms in total. The summed E-state index contributed by atoms with van der Waals surface area (Å²) in [7, 11) is 0. The van der Waals surface area contributed by atoms with Crippen LogP contribution < -0.4 is 15.4 Å². The van der Waals surface area contributed by atoms with E-state index in [-0.39, 0.29) is 0 Å². The van der Waals surface area contributed by atoms with Crippen LogP contribution in [0, 0.1) is 11.3 Å². The van der Waals surface area contributed by atoms with Crippen molar-refractivity contribution < 1.29 is 4.74 Å². The van der Waals surface area contributed by atoms with Gasteiger partial charge in [0.1, 0.15) is 17.6 Å². The lowest BCUT2D eigenvalue weighted by Gasteiger charge is -2.22. The molecule has 1 aliphatic rings. The van der Waals surface area contributed by atoms with Crippen LogP contribution in [0.5, 0.6) is 5.75 Å². The van der Waals surface area contributed by atoms with Crippen LogP contribution >= 0.6 is 0 Å². The van der Waals surface area contributed by atoms with Crippen molar-refractivity contribution in [2.75, 3.05) is 25.0 Å². The first-order chi connectivity index (χ1) is 15.3. The minimum absolute atomic E-state index is 0.443. The van der Waals surface area contributed by atoms with Crippen LogP contribution in [0.3, 0.4) is 0 Å². The molecule has 0 spiro atoms. The van der Waals surface area contributed by atoms with Crippen molar-refractivity contribution in [1.29, 1.82) is 5.26 Å². The number of hydrogen-bond donors (Lipinski definition) is 2. The van der Waals surface area contributed by atoms with Gasteiger partial charge in [-0.25, -0.2) is 4.98 Å². The Hall–Kier alpha value is -3.37. The Balaban J connectivity index is 1.48. The van der Waals surface area contributed by atoms with E-state index >= 15 is 0 Å². The number of piperidine rings is 1. The van der Waals surface area contributed by atoms with E-state index in [1.807, 2.05) is 47.3 Å². The van der Waals surface area contributed by atoms with Gasteiger partial charge in [-0.15, -0.1) is 0 Å². The van der Waals surface area contributed by atoms with Gasteiger partial charge >= 0.3 is 0 Å². The van der Waals surface area contributed by atoms with Crippen molar-refractivity contribution in [3.8, 4) is 22.9 Å². The molecule has 0 aliphatic carbocycles. The maximum Gasteiger partial charge on any atom is 0.153 e. The Morgan fingerprint density at radius 2 is 2.00 bits per heavy atom. The lowest BCUT2D eigenvalue weighted by atomic mass is 10.0. The van der Waals surface area contributed by atoms with E-state index in [9.17, 15) is 5.26 Å². The van der Waals surface area contributed by atoms with Crippen LogP contribution in [0.15, 0.2) is 48.8 Å². The molecule has 4 rings (SSSR count). The predicted octanol–water partition coefficient (Wildman–Crippen LogP) is 4.66. The monoisotopic (exact) mass is 416 g/mol. The second-order valence-corrected chi connectivity index (χ2v) is 7.74. The third-order valence-electron chi connectivity index (χ3n) is 5.50. The Kier molecular flexibility index (Phi) is 6.80. The first-order valence-electron chi connectivity index (χ1n) is 10.9. The molecular weight excluding hydrogens is 388 g/mol. The zero-order chi connectivity index (χ0) is 21.5. The number of anilines is 2. The summed E-state index contributed by atoms with van der Waals surface area (Å²) in [6.45, 7) is 4.80. The highest BCUT2D eigenvalue weighted by molar-refractivity contribution is 5.70. The minimum Gasteiger partial charge on any atom is -0.492 e. The van der Waals surface area contributed by atoms with Gasteiger partial charge in [0.2, 0.25) is 0 Å². The maximum atomic E-state index is 9.54. The molecule has 3 heterocycles. The van der Waals surface area contributed by atoms with Crippen molar-refractivity contribution in [3.63, 3.8) is 0 Å². The smallest absolute Gasteiger partial charge is 0.153 e. The molecule has 1 aromatic carbocycles. The molecule has 7 heteroatoms. The van der Waals surface area contributed by atoms with E-state index < -0.39 is 0 Å². The standard InChI is InChI=1S/C24H28N6O/c1-2-3-14-31-22-5-4-18(15-20(22)17-25)19-6-12-27-24(16-19)28-23-9-13-30(29-23)21-7-10-26-11-8-21/h4-6,9,12-13,15-16,21,26H,2-3,7-8,10-11,14H2,1H3,(H,27,28,29). The second-order valence-electron chi connectivity index (χ2n) is 7.74. The Bertz CT molecular complexity index is 1050. The molecule has 1 saturated heterocycles. The third kappa shape index (κ3) is 5.22. The summed E-state index contributed by atoms with van der Waals surface area (Å²) in [5.74, 6) is 2.13. The number of nitriles is 1. The highest BCUT2D eigenvalue weighted by Crippen LogP contribution is 2.28. The van der Waals surface area contributed by atoms with Gasteiger partial charge < -0.3 is 15.4 Å². The molecular formula is C24H28N6O. The Morgan fingerprint density at radius 1 is 1.16 bits per heavy atom. The number of nitrogens with zero attached hydrogens (tertiary/aromatic N) is 4. The zero-order valence-electron chi connectivity index (χ0n) is 17.8. The largest absolute Gasteiger partial charge is 0.492 e. The van der Waals surface area contributed by atoms with Crippen molar-refractivity contribution in [2.45, 2.75) is 38.6 Å². The van der Waals surface area contributed by atoms with Gasteiger partial charge in [-0.2, -0.15) is 10.4 Å². The third-order valence-corrected chi connectivity index (χ3v) is 5.50. The molecule has 0 bridgehead atoms. The SMILES string of the molecule is CCCCOc1ccc(-c2ccnc(Nc3ccn(C4CCNCC4)n3)c2)cc1C#N. The van der Waals surface area contributed by atoms with E-state index in [0.717, 1.165) is 61.5 Å². The summed E-state index contributed by atoms with van der Waals surface area (Å²) in [6, 6.07) is 14.3. The van der Waals surface area contributed by atoms with Crippen LogP contribution in [-0.4, -0.2) is 34.5 Å². The number of unbranched alkanes of at least 4 members (excludes halogenated alkanes) is 1. The van der Waals surface area contributed by atoms with Crippen molar-refractivity contribution >= 4 is 11.6 Å². The van der Waals surface area contributed by atoms with E-state index in [4.69, 9.17) is 4.74 Å². The fourth-order valence-corrected chi connectivity index (χ4v) is 3.74. The van der Waals surface area contributed by atoms with Gasteiger partial charge in [-0.05, 0) is 67.7 Å². The molecule has 0 saturated carbocycles. The van der Waals surface area contributed by atoms with E-state index in [1.165, 1.54) is 0 Å². The molecule has 1 fully saturated rings. The molecule has 31 heavy (non-hydrogen) atoms. The maximum absolute atomic E-state index is 9.54. The number of benzene rings is 1. The Labute approximate surface area is 183 Å². The topological polar surface area (TPSA) is 87.8 Å². The Morgan fingerprint density at radius 3 is 2.81 bits per heavy atom. The summed E-state index contributed by atoms with van der Waals surface area (Å²) in [5, 5.41) is 20.9. The minimum atomic E-state index is 0.443. The summed E-state index contributed by atoms with van der Waals surface area (Å²) < 4.78 is 7.80. The molecule has 1 aliphatic heterocycles. The van der Waals surface area contributed by atoms with Crippen molar-refractivity contribution in [1.82, 2.24) is 20.1 Å². The molecule has 2 N–H and O–H groups in total. The normalized spacial score (nSPS) is 14.2. The van der Waals surface area contributed by atoms with Crippen LogP contribution in [0.2, 0.25) is 0 Å². The van der Waals surface area contributed by atoms with Gasteiger partial charge in [0.25, 0.3) is 0 Å². The summed E-state index contributed by atoms with van der Waals surface area (Å²) in [5.41, 5.74) is 2.47. The van der Waals surface area contributed by atoms with Crippen molar-refractivity contribution in [2.24, 2.45) is 0 Å². The van der Waals surface area contributed by atoms with Crippen LogP contribution in [0.4, 0.5) is 11.6 Å². The lowest BCUT2D eigenvalue weighted by Crippen LogP contribution is -2.29. The fraction of sp³-hybridized carbons (Fsp3) is 0.375. The lowest BCUT2D eigenvalue weighted by molar-refractivity contribution is 0.308. The number of pyridine rings is 1. The number of ether oxygens (including phenoxy) is 1. The first kappa shape index (κ1) is 20.9.